The molecule has 1 N–H and O–H groups in total. The molecule has 0 atom stereocenters. The lowest BCUT2D eigenvalue weighted by molar-refractivity contribution is 0.415. The molecule has 0 saturated heterocycles. The van der Waals surface area contributed by atoms with Crippen molar-refractivity contribution in [3.63, 3.8) is 0 Å². The molecule has 1 heterocycles. The fraction of sp³-hybridized carbons (Fsp3) is 0.0526. The van der Waals surface area contributed by atoms with Gasteiger partial charge in [0.25, 0.3) is 0 Å². The average molecular weight is 412 g/mol. The van der Waals surface area contributed by atoms with Crippen LogP contribution in [0.25, 0.3) is 16.8 Å². The molecular weight excluding hydrogens is 398 g/mol. The van der Waals surface area contributed by atoms with Crippen molar-refractivity contribution in [1.82, 2.24) is 4.98 Å². The summed E-state index contributed by atoms with van der Waals surface area (Å²) in [6.45, 7) is 0. The zero-order chi connectivity index (χ0) is 17.6. The number of hydrogen-bond acceptors (Lipinski definition) is 5. The van der Waals surface area contributed by atoms with Gasteiger partial charge in [-0.05, 0) is 24.3 Å². The highest BCUT2D eigenvalue weighted by molar-refractivity contribution is 9.10. The first-order valence-electron chi connectivity index (χ1n) is 7.42. The first-order chi connectivity index (χ1) is 12.2. The number of nitrogens with zero attached hydrogens (tertiary/aromatic N) is 2. The van der Waals surface area contributed by atoms with Gasteiger partial charge in [0.1, 0.15) is 22.4 Å². The lowest BCUT2D eigenvalue weighted by Gasteiger charge is -2.04. The Hall–Kier alpha value is -2.62. The number of halogens is 1. The molecule has 0 amide bonds. The second-order valence-corrected chi connectivity index (χ2v) is 6.86. The lowest BCUT2D eigenvalue weighted by Crippen LogP contribution is -1.92. The normalized spacial score (nSPS) is 11.0. The van der Waals surface area contributed by atoms with E-state index in [-0.39, 0.29) is 0 Å². The largest absolute Gasteiger partial charge is 0.497 e. The number of ether oxygens (including phenoxy) is 1. The number of methoxy groups -OCH3 is 1. The Labute approximate surface area is 158 Å². The molecule has 0 spiro atoms. The first kappa shape index (κ1) is 17.2. The Balaban J connectivity index is 1.81. The molecule has 6 heteroatoms. The summed E-state index contributed by atoms with van der Waals surface area (Å²) >= 11 is 4.87. The van der Waals surface area contributed by atoms with E-state index in [4.69, 9.17) is 4.74 Å². The van der Waals surface area contributed by atoms with Crippen LogP contribution in [0, 0.1) is 11.3 Å². The van der Waals surface area contributed by atoms with Crippen molar-refractivity contribution in [3.05, 3.63) is 69.6 Å². The first-order valence-corrected chi connectivity index (χ1v) is 9.09. The van der Waals surface area contributed by atoms with E-state index in [0.29, 0.717) is 10.6 Å². The average Bonchev–Trinajstić information content (AvgIpc) is 3.13. The summed E-state index contributed by atoms with van der Waals surface area (Å²) in [5.74, 6) is 0.753. The fourth-order valence-electron chi connectivity index (χ4n) is 2.16. The lowest BCUT2D eigenvalue weighted by atomic mass is 10.2. The van der Waals surface area contributed by atoms with Gasteiger partial charge in [0.05, 0.1) is 12.8 Å². The van der Waals surface area contributed by atoms with Gasteiger partial charge in [-0.15, -0.1) is 11.3 Å². The molecule has 3 rings (SSSR count). The maximum absolute atomic E-state index is 9.45. The highest BCUT2D eigenvalue weighted by Gasteiger charge is 2.09. The number of hydrogen-bond donors (Lipinski definition) is 1. The minimum absolute atomic E-state index is 0.483. The zero-order valence-corrected chi connectivity index (χ0v) is 15.8. The molecule has 0 radical (unpaired) electrons. The predicted octanol–water partition coefficient (Wildman–Crippen LogP) is 5.56. The van der Waals surface area contributed by atoms with Crippen molar-refractivity contribution in [2.75, 3.05) is 12.4 Å². The van der Waals surface area contributed by atoms with Crippen LogP contribution in [0.15, 0.2) is 64.6 Å². The fourth-order valence-corrected chi connectivity index (χ4v) is 3.22. The highest BCUT2D eigenvalue weighted by atomic mass is 79.9. The van der Waals surface area contributed by atoms with Gasteiger partial charge in [0.15, 0.2) is 0 Å². The van der Waals surface area contributed by atoms with Crippen LogP contribution < -0.4 is 10.1 Å². The molecule has 4 nitrogen and oxygen atoms in total. The van der Waals surface area contributed by atoms with Gasteiger partial charge < -0.3 is 10.1 Å². The second kappa shape index (κ2) is 7.97. The molecule has 2 aromatic carbocycles. The number of nitriles is 1. The maximum Gasteiger partial charge on any atom is 0.136 e. The number of nitrogens with one attached hydrogen (secondary N) is 1. The summed E-state index contributed by atoms with van der Waals surface area (Å²) in [5, 5.41) is 15.2. The maximum atomic E-state index is 9.45. The van der Waals surface area contributed by atoms with Crippen LogP contribution in [0.3, 0.4) is 0 Å². The predicted molar refractivity (Wildman–Crippen MR) is 105 cm³/mol. The Morgan fingerprint density at radius 1 is 1.28 bits per heavy atom. The molecule has 0 aliphatic rings. The minimum atomic E-state index is 0.483. The van der Waals surface area contributed by atoms with Crippen LogP contribution in [0.5, 0.6) is 5.75 Å². The SMILES string of the molecule is COc1cccc(N/C=C(\C#N)c2nc(-c3ccc(Br)cc3)cs2)c1. The van der Waals surface area contributed by atoms with Crippen molar-refractivity contribution < 1.29 is 4.74 Å². The minimum Gasteiger partial charge on any atom is -0.497 e. The third-order valence-electron chi connectivity index (χ3n) is 3.45. The Morgan fingerprint density at radius 2 is 2.08 bits per heavy atom. The van der Waals surface area contributed by atoms with Crippen LogP contribution in [0.1, 0.15) is 5.01 Å². The summed E-state index contributed by atoms with van der Waals surface area (Å²) in [4.78, 5) is 4.58. The van der Waals surface area contributed by atoms with Gasteiger partial charge in [-0.2, -0.15) is 5.26 Å². The number of thiazole rings is 1. The Bertz CT molecular complexity index is 942. The zero-order valence-electron chi connectivity index (χ0n) is 13.4. The van der Waals surface area contributed by atoms with E-state index >= 15 is 0 Å². The van der Waals surface area contributed by atoms with Gasteiger partial charge in [-0.3, -0.25) is 0 Å². The molecule has 0 unspecified atom stereocenters. The molecule has 0 saturated carbocycles. The third-order valence-corrected chi connectivity index (χ3v) is 4.85. The molecule has 25 heavy (non-hydrogen) atoms. The summed E-state index contributed by atoms with van der Waals surface area (Å²) in [5.41, 5.74) is 3.20. The smallest absolute Gasteiger partial charge is 0.136 e. The van der Waals surface area contributed by atoms with Gasteiger partial charge in [-0.1, -0.05) is 34.1 Å². The van der Waals surface area contributed by atoms with Gasteiger partial charge >= 0.3 is 0 Å². The van der Waals surface area contributed by atoms with Gasteiger partial charge in [0.2, 0.25) is 0 Å². The van der Waals surface area contributed by atoms with Crippen LogP contribution in [-0.4, -0.2) is 12.1 Å². The molecule has 0 bridgehead atoms. The van der Waals surface area contributed by atoms with Gasteiger partial charge in [0, 0.05) is 33.4 Å². The monoisotopic (exact) mass is 411 g/mol. The van der Waals surface area contributed by atoms with E-state index in [9.17, 15) is 5.26 Å². The third kappa shape index (κ3) is 4.27. The van der Waals surface area contributed by atoms with E-state index < -0.39 is 0 Å². The molecule has 0 fully saturated rings. The molecule has 0 aliphatic carbocycles. The van der Waals surface area contributed by atoms with Crippen LogP contribution in [-0.2, 0) is 0 Å². The van der Waals surface area contributed by atoms with Crippen LogP contribution >= 0.6 is 27.3 Å². The highest BCUT2D eigenvalue weighted by Crippen LogP contribution is 2.27. The number of benzene rings is 2. The molecule has 3 aromatic rings. The van der Waals surface area contributed by atoms with E-state index in [1.807, 2.05) is 53.9 Å². The molecular formula is C19H14BrN3OS. The van der Waals surface area contributed by atoms with Crippen molar-refractivity contribution in [3.8, 4) is 23.1 Å². The van der Waals surface area contributed by atoms with Crippen LogP contribution in [0.2, 0.25) is 0 Å². The summed E-state index contributed by atoms with van der Waals surface area (Å²) in [6.07, 6.45) is 1.67. The van der Waals surface area contributed by atoms with Crippen molar-refractivity contribution in [2.24, 2.45) is 0 Å². The number of allylic oxidation sites excluding steroid dienone is 1. The number of anilines is 1. The topological polar surface area (TPSA) is 57.9 Å². The second-order valence-electron chi connectivity index (χ2n) is 5.09. The summed E-state index contributed by atoms with van der Waals surface area (Å²) in [7, 11) is 1.62. The van der Waals surface area contributed by atoms with Gasteiger partial charge in [-0.25, -0.2) is 4.98 Å². The summed E-state index contributed by atoms with van der Waals surface area (Å²) in [6, 6.07) is 17.6. The van der Waals surface area contributed by atoms with E-state index in [2.05, 4.69) is 32.3 Å². The van der Waals surface area contributed by atoms with E-state index in [1.54, 1.807) is 13.3 Å². The standard InChI is InChI=1S/C19H14BrN3OS/c1-24-17-4-2-3-16(9-17)22-11-14(10-21)19-23-18(12-25-19)13-5-7-15(20)8-6-13/h2-9,11-12,22H,1H3/b14-11+. The quantitative estimate of drug-likeness (QED) is 0.558. The van der Waals surface area contributed by atoms with E-state index in [0.717, 1.165) is 27.2 Å². The van der Waals surface area contributed by atoms with Crippen molar-refractivity contribution >= 4 is 38.5 Å². The van der Waals surface area contributed by atoms with Crippen molar-refractivity contribution in [2.45, 2.75) is 0 Å². The van der Waals surface area contributed by atoms with Crippen LogP contribution in [0.4, 0.5) is 5.69 Å². The molecule has 1 aromatic heterocycles. The number of rotatable bonds is 5. The van der Waals surface area contributed by atoms with Crippen molar-refractivity contribution in [1.29, 1.82) is 5.26 Å². The molecule has 0 aliphatic heterocycles. The Kier molecular flexibility index (Phi) is 5.49. The molecule has 124 valence electrons. The summed E-state index contributed by atoms with van der Waals surface area (Å²) < 4.78 is 6.21. The number of aromatic nitrogens is 1. The Morgan fingerprint density at radius 3 is 2.80 bits per heavy atom. The van der Waals surface area contributed by atoms with E-state index in [1.165, 1.54) is 11.3 Å².